The second kappa shape index (κ2) is 7.54. The number of rotatable bonds is 5. The highest BCUT2D eigenvalue weighted by Crippen LogP contribution is 2.67. The Kier molecular flexibility index (Phi) is 5.07. The first-order chi connectivity index (χ1) is 14.9. The molecule has 0 bridgehead atoms. The normalized spacial score (nSPS) is 29.1. The van der Waals surface area contributed by atoms with Crippen LogP contribution in [0.2, 0.25) is 5.02 Å². The summed E-state index contributed by atoms with van der Waals surface area (Å²) in [6.07, 6.45) is -0.124. The smallest absolute Gasteiger partial charge is 0.229 e. The van der Waals surface area contributed by atoms with E-state index in [9.17, 15) is 15.0 Å². The summed E-state index contributed by atoms with van der Waals surface area (Å²) in [5, 5.41) is 28.0. The summed E-state index contributed by atoms with van der Waals surface area (Å²) in [6.45, 7) is 0.503. The molecule has 0 radical (unpaired) electrons. The number of aliphatic hydroxyl groups excluding tert-OH is 2. The number of anilines is 1. The van der Waals surface area contributed by atoms with Crippen molar-refractivity contribution in [3.8, 4) is 0 Å². The predicted molar refractivity (Wildman–Crippen MR) is 122 cm³/mol. The number of carbonyl (C=O) groups excluding carboxylic acids is 1. The first-order valence-corrected chi connectivity index (χ1v) is 11.3. The first-order valence-electron chi connectivity index (χ1n) is 9.83. The third-order valence-corrected chi connectivity index (χ3v) is 7.10. The van der Waals surface area contributed by atoms with E-state index in [1.807, 2.05) is 46.9 Å². The topological polar surface area (TPSA) is 125 Å². The molecule has 31 heavy (non-hydrogen) atoms. The molecule has 4 N–H and O–H groups in total. The number of nitrogens with one attached hydrogen (secondary N) is 2. The Morgan fingerprint density at radius 3 is 2.94 bits per heavy atom. The van der Waals surface area contributed by atoms with E-state index in [1.165, 1.54) is 0 Å². The summed E-state index contributed by atoms with van der Waals surface area (Å²) in [5.41, 5.74) is 1.14. The zero-order chi connectivity index (χ0) is 21.9. The molecule has 2 aromatic heterocycles. The third kappa shape index (κ3) is 3.19. The van der Waals surface area contributed by atoms with Crippen molar-refractivity contribution in [2.24, 2.45) is 11.3 Å². The third-order valence-electron chi connectivity index (χ3n) is 6.39. The van der Waals surface area contributed by atoms with Gasteiger partial charge in [-0.05, 0) is 24.1 Å². The van der Waals surface area contributed by atoms with Crippen LogP contribution in [0, 0.1) is 15.2 Å². The number of imidazole rings is 1. The molecule has 2 saturated carbocycles. The van der Waals surface area contributed by atoms with E-state index in [2.05, 4.69) is 25.6 Å². The Hall–Kier alpha value is -2.02. The minimum absolute atomic E-state index is 0.189. The number of amides is 1. The van der Waals surface area contributed by atoms with E-state index in [-0.39, 0.29) is 11.8 Å². The minimum Gasteiger partial charge on any atom is -0.389 e. The molecule has 2 unspecified atom stereocenters. The quantitative estimate of drug-likeness (QED) is 0.280. The number of carbonyl (C=O) groups is 1. The summed E-state index contributed by atoms with van der Waals surface area (Å²) < 4.78 is 2.28. The first kappa shape index (κ1) is 20.9. The molecule has 162 valence electrons. The van der Waals surface area contributed by atoms with Crippen LogP contribution >= 0.6 is 34.2 Å². The lowest BCUT2D eigenvalue weighted by Crippen LogP contribution is -2.41. The van der Waals surface area contributed by atoms with Crippen LogP contribution in [0.5, 0.6) is 0 Å². The van der Waals surface area contributed by atoms with Gasteiger partial charge in [-0.15, -0.1) is 0 Å². The maximum absolute atomic E-state index is 12.4. The van der Waals surface area contributed by atoms with Crippen LogP contribution in [0.3, 0.4) is 0 Å². The molecular formula is C20H20ClIN6O3. The van der Waals surface area contributed by atoms with Gasteiger partial charge in [0.2, 0.25) is 5.91 Å². The number of hydrogen-bond donors (Lipinski definition) is 4. The van der Waals surface area contributed by atoms with Crippen molar-refractivity contribution < 1.29 is 15.0 Å². The lowest BCUT2D eigenvalue weighted by molar-refractivity contribution is -0.132. The average Bonchev–Trinajstić information content (AvgIpc) is 3.29. The standard InChI is InChI=1S/C20H20ClIN6O3/c1-23-18(31)20-6-11(20)13(14(29)15(20)30)28-8-25-12-16(26-19(22)27-17(12)28)24-7-9-3-2-4-10(21)5-9/h2-5,8,11,13-15,29-30H,6-7H2,1H3,(H,23,31)(H,24,26,27)/t11?,13-,14+,15+,20?/m1/s1. The summed E-state index contributed by atoms with van der Waals surface area (Å²) in [4.78, 5) is 25.9. The summed E-state index contributed by atoms with van der Waals surface area (Å²) in [5.74, 6) is 0.129. The molecule has 2 aliphatic rings. The Labute approximate surface area is 196 Å². The molecule has 1 amide bonds. The average molecular weight is 555 g/mol. The van der Waals surface area contributed by atoms with Gasteiger partial charge in [0.25, 0.3) is 0 Å². The van der Waals surface area contributed by atoms with Crippen molar-refractivity contribution in [2.45, 2.75) is 31.2 Å². The highest BCUT2D eigenvalue weighted by Gasteiger charge is 2.75. The Morgan fingerprint density at radius 2 is 2.19 bits per heavy atom. The van der Waals surface area contributed by atoms with Crippen molar-refractivity contribution >= 4 is 57.1 Å². The fraction of sp³-hybridized carbons (Fsp3) is 0.400. The number of nitrogens with zero attached hydrogens (tertiary/aromatic N) is 4. The molecule has 0 aliphatic heterocycles. The van der Waals surface area contributed by atoms with Gasteiger partial charge in [0.05, 0.1) is 23.9 Å². The van der Waals surface area contributed by atoms with Crippen LogP contribution in [0.15, 0.2) is 30.6 Å². The summed E-state index contributed by atoms with van der Waals surface area (Å²) in [6, 6.07) is 7.04. The minimum atomic E-state index is -1.14. The molecule has 5 atom stereocenters. The highest BCUT2D eigenvalue weighted by atomic mass is 127. The van der Waals surface area contributed by atoms with Crippen LogP contribution in [0.25, 0.3) is 11.2 Å². The van der Waals surface area contributed by atoms with Crippen LogP contribution in [-0.4, -0.2) is 54.9 Å². The molecular weight excluding hydrogens is 535 g/mol. The SMILES string of the molecule is CNC(=O)C12CC1[C@@H](n1cnc3c(NCc4cccc(Cl)c4)nc(I)nc31)[C@H](O)[C@@H]2O. The molecule has 5 rings (SSSR count). The Bertz CT molecular complexity index is 1190. The molecule has 2 heterocycles. The van der Waals surface area contributed by atoms with Crippen molar-refractivity contribution in [1.29, 1.82) is 0 Å². The largest absolute Gasteiger partial charge is 0.389 e. The summed E-state index contributed by atoms with van der Waals surface area (Å²) >= 11 is 8.10. The van der Waals surface area contributed by atoms with Gasteiger partial charge in [-0.1, -0.05) is 23.7 Å². The summed E-state index contributed by atoms with van der Waals surface area (Å²) in [7, 11) is 1.54. The molecule has 2 aliphatic carbocycles. The molecule has 0 saturated heterocycles. The van der Waals surface area contributed by atoms with Gasteiger partial charge in [-0.25, -0.2) is 15.0 Å². The van der Waals surface area contributed by atoms with E-state index < -0.39 is 23.7 Å². The van der Waals surface area contributed by atoms with Crippen molar-refractivity contribution in [3.05, 3.63) is 45.0 Å². The molecule has 0 spiro atoms. The molecule has 3 aromatic rings. The molecule has 1 aromatic carbocycles. The van der Waals surface area contributed by atoms with Crippen LogP contribution in [-0.2, 0) is 11.3 Å². The number of aliphatic hydroxyl groups is 2. The van der Waals surface area contributed by atoms with E-state index >= 15 is 0 Å². The molecule has 11 heteroatoms. The fourth-order valence-corrected chi connectivity index (χ4v) is 5.53. The van der Waals surface area contributed by atoms with E-state index in [1.54, 1.807) is 17.9 Å². The number of halogens is 2. The van der Waals surface area contributed by atoms with Crippen molar-refractivity contribution in [2.75, 3.05) is 12.4 Å². The van der Waals surface area contributed by atoms with E-state index in [0.717, 1.165) is 5.56 Å². The zero-order valence-corrected chi connectivity index (χ0v) is 19.4. The lowest BCUT2D eigenvalue weighted by Gasteiger charge is -2.23. The number of aromatic nitrogens is 4. The highest BCUT2D eigenvalue weighted by molar-refractivity contribution is 14.1. The van der Waals surface area contributed by atoms with Gasteiger partial charge >= 0.3 is 0 Å². The maximum Gasteiger partial charge on any atom is 0.229 e. The Balaban J connectivity index is 1.49. The molecule has 9 nitrogen and oxygen atoms in total. The van der Waals surface area contributed by atoms with E-state index in [4.69, 9.17) is 11.6 Å². The zero-order valence-electron chi connectivity index (χ0n) is 16.5. The monoisotopic (exact) mass is 554 g/mol. The van der Waals surface area contributed by atoms with Crippen LogP contribution < -0.4 is 10.6 Å². The number of benzene rings is 1. The van der Waals surface area contributed by atoms with Gasteiger partial charge in [0, 0.05) is 47.1 Å². The maximum atomic E-state index is 12.4. The van der Waals surface area contributed by atoms with Gasteiger partial charge < -0.3 is 25.4 Å². The van der Waals surface area contributed by atoms with Gasteiger partial charge in [-0.2, -0.15) is 0 Å². The van der Waals surface area contributed by atoms with E-state index in [0.29, 0.717) is 38.8 Å². The predicted octanol–water partition coefficient (Wildman–Crippen LogP) is 1.73. The number of hydrogen-bond acceptors (Lipinski definition) is 7. The lowest BCUT2D eigenvalue weighted by atomic mass is 9.98. The second-order valence-corrected chi connectivity index (χ2v) is 9.41. The number of fused-ring (bicyclic) bond motifs is 2. The van der Waals surface area contributed by atoms with Crippen LogP contribution in [0.1, 0.15) is 18.0 Å². The van der Waals surface area contributed by atoms with Crippen molar-refractivity contribution in [3.63, 3.8) is 0 Å². The van der Waals surface area contributed by atoms with Gasteiger partial charge in [0.15, 0.2) is 20.8 Å². The Morgan fingerprint density at radius 1 is 1.39 bits per heavy atom. The molecule has 2 fully saturated rings. The second-order valence-electron chi connectivity index (χ2n) is 8.00. The van der Waals surface area contributed by atoms with Crippen LogP contribution in [0.4, 0.5) is 5.82 Å². The van der Waals surface area contributed by atoms with Gasteiger partial charge in [0.1, 0.15) is 6.10 Å². The fourth-order valence-electron chi connectivity index (χ4n) is 4.85. The van der Waals surface area contributed by atoms with Gasteiger partial charge in [-0.3, -0.25) is 4.79 Å². The van der Waals surface area contributed by atoms with Crippen molar-refractivity contribution in [1.82, 2.24) is 24.8 Å².